The predicted octanol–water partition coefficient (Wildman–Crippen LogP) is 6.88. The number of hydrogen-bond acceptors (Lipinski definition) is 2. The quantitative estimate of drug-likeness (QED) is 0.396. The lowest BCUT2D eigenvalue weighted by atomic mass is 10.0. The normalized spacial score (nSPS) is 11.1. The highest BCUT2D eigenvalue weighted by Gasteiger charge is 2.07. The molecule has 29 heavy (non-hydrogen) atoms. The van der Waals surface area contributed by atoms with Crippen molar-refractivity contribution in [2.45, 2.75) is 6.92 Å². The molecule has 0 saturated carbocycles. The molecule has 4 heteroatoms. The molecule has 0 aliphatic carbocycles. The van der Waals surface area contributed by atoms with Gasteiger partial charge < -0.3 is 9.72 Å². The first-order chi connectivity index (χ1) is 14.1. The van der Waals surface area contributed by atoms with Gasteiger partial charge in [0.15, 0.2) is 0 Å². The minimum atomic E-state index is 0.719. The molecule has 1 aromatic heterocycles. The minimum absolute atomic E-state index is 0.719. The number of hydrogen-bond donors (Lipinski definition) is 1. The number of aryl methyl sites for hydroxylation is 1. The van der Waals surface area contributed by atoms with Gasteiger partial charge in [0.1, 0.15) is 11.6 Å². The molecule has 4 aromatic rings. The highest BCUT2D eigenvalue weighted by atomic mass is 35.5. The fourth-order valence-electron chi connectivity index (χ4n) is 3.23. The van der Waals surface area contributed by atoms with E-state index in [1.807, 2.05) is 55.5 Å². The van der Waals surface area contributed by atoms with Gasteiger partial charge in [0, 0.05) is 11.1 Å². The number of nitrogens with one attached hydrogen (secondary N) is 1. The number of methoxy groups -OCH3 is 1. The second-order valence-corrected chi connectivity index (χ2v) is 7.23. The number of imidazole rings is 1. The number of benzene rings is 3. The van der Waals surface area contributed by atoms with Crippen molar-refractivity contribution in [2.75, 3.05) is 7.11 Å². The van der Waals surface area contributed by atoms with Gasteiger partial charge in [0.25, 0.3) is 0 Å². The van der Waals surface area contributed by atoms with E-state index in [2.05, 4.69) is 40.3 Å². The van der Waals surface area contributed by atoms with E-state index in [-0.39, 0.29) is 0 Å². The van der Waals surface area contributed by atoms with Gasteiger partial charge in [-0.3, -0.25) is 0 Å². The second-order valence-electron chi connectivity index (χ2n) is 6.82. The highest BCUT2D eigenvalue weighted by Crippen LogP contribution is 2.30. The van der Waals surface area contributed by atoms with E-state index in [0.29, 0.717) is 0 Å². The summed E-state index contributed by atoms with van der Waals surface area (Å²) in [6.45, 7) is 2.02. The Morgan fingerprint density at radius 3 is 2.48 bits per heavy atom. The molecule has 4 rings (SSSR count). The fraction of sp³-hybridized carbons (Fsp3) is 0.0800. The molecule has 0 radical (unpaired) electrons. The van der Waals surface area contributed by atoms with Gasteiger partial charge in [-0.15, -0.1) is 0 Å². The Balaban J connectivity index is 1.52. The number of aromatic amines is 1. The number of ether oxygens (including phenoxy) is 1. The lowest BCUT2D eigenvalue weighted by molar-refractivity contribution is 0.416. The Labute approximate surface area is 175 Å². The smallest absolute Gasteiger partial charge is 0.130 e. The lowest BCUT2D eigenvalue weighted by Gasteiger charge is -2.08. The first kappa shape index (κ1) is 19.0. The van der Waals surface area contributed by atoms with Crippen LogP contribution in [-0.4, -0.2) is 17.1 Å². The van der Waals surface area contributed by atoms with Crippen LogP contribution in [0.25, 0.3) is 34.5 Å². The van der Waals surface area contributed by atoms with Gasteiger partial charge in [0.05, 0.1) is 24.0 Å². The maximum absolute atomic E-state index is 6.36. The van der Waals surface area contributed by atoms with Gasteiger partial charge in [-0.25, -0.2) is 4.98 Å². The van der Waals surface area contributed by atoms with Gasteiger partial charge in [-0.1, -0.05) is 72.3 Å². The molecule has 3 aromatic carbocycles. The summed E-state index contributed by atoms with van der Waals surface area (Å²) in [6, 6.07) is 22.4. The van der Waals surface area contributed by atoms with Crippen LogP contribution in [-0.2, 0) is 0 Å². The number of rotatable bonds is 5. The molecule has 0 atom stereocenters. The Kier molecular flexibility index (Phi) is 5.50. The van der Waals surface area contributed by atoms with Crippen LogP contribution in [0.15, 0.2) is 72.9 Å². The minimum Gasteiger partial charge on any atom is -0.496 e. The zero-order valence-electron chi connectivity index (χ0n) is 16.3. The van der Waals surface area contributed by atoms with E-state index in [0.717, 1.165) is 50.1 Å². The van der Waals surface area contributed by atoms with E-state index in [1.54, 1.807) is 13.3 Å². The number of halogens is 1. The molecule has 0 unspecified atom stereocenters. The number of H-pyrrole nitrogens is 1. The largest absolute Gasteiger partial charge is 0.496 e. The van der Waals surface area contributed by atoms with Crippen LogP contribution in [0.1, 0.15) is 17.0 Å². The summed E-state index contributed by atoms with van der Waals surface area (Å²) in [5.41, 5.74) is 6.28. The fourth-order valence-corrected chi connectivity index (χ4v) is 3.57. The molecule has 1 N–H and O–H groups in total. The molecular formula is C25H21ClN2O. The highest BCUT2D eigenvalue weighted by molar-refractivity contribution is 6.33. The molecule has 0 saturated heterocycles. The van der Waals surface area contributed by atoms with Gasteiger partial charge in [0.2, 0.25) is 0 Å². The molecule has 0 aliphatic heterocycles. The predicted molar refractivity (Wildman–Crippen MR) is 121 cm³/mol. The Hall–Kier alpha value is -3.30. The molecule has 0 spiro atoms. The van der Waals surface area contributed by atoms with Crippen molar-refractivity contribution in [3.05, 3.63) is 94.9 Å². The van der Waals surface area contributed by atoms with Crippen molar-refractivity contribution < 1.29 is 4.74 Å². The van der Waals surface area contributed by atoms with Crippen molar-refractivity contribution >= 4 is 23.8 Å². The summed E-state index contributed by atoms with van der Waals surface area (Å²) in [4.78, 5) is 7.75. The third kappa shape index (κ3) is 4.25. The first-order valence-electron chi connectivity index (χ1n) is 9.37. The number of aromatic nitrogens is 2. The van der Waals surface area contributed by atoms with Crippen LogP contribution in [0, 0.1) is 6.92 Å². The topological polar surface area (TPSA) is 37.9 Å². The van der Waals surface area contributed by atoms with E-state index < -0.39 is 0 Å². The second kappa shape index (κ2) is 8.38. The summed E-state index contributed by atoms with van der Waals surface area (Å²) in [5.74, 6) is 1.65. The Morgan fingerprint density at radius 2 is 1.72 bits per heavy atom. The molecule has 3 nitrogen and oxygen atoms in total. The molecule has 0 fully saturated rings. The van der Waals surface area contributed by atoms with Crippen molar-refractivity contribution in [3.8, 4) is 28.1 Å². The Morgan fingerprint density at radius 1 is 0.931 bits per heavy atom. The summed E-state index contributed by atoms with van der Waals surface area (Å²) < 4.78 is 5.45. The summed E-state index contributed by atoms with van der Waals surface area (Å²) >= 11 is 6.36. The molecule has 0 amide bonds. The number of para-hydroxylation sites is 1. The molecule has 1 heterocycles. The summed E-state index contributed by atoms with van der Waals surface area (Å²) in [5, 5.41) is 0.719. The first-order valence-corrected chi connectivity index (χ1v) is 9.75. The third-order valence-electron chi connectivity index (χ3n) is 4.77. The summed E-state index contributed by atoms with van der Waals surface area (Å²) in [7, 11) is 1.69. The van der Waals surface area contributed by atoms with Crippen molar-refractivity contribution in [3.63, 3.8) is 0 Å². The third-order valence-corrected chi connectivity index (χ3v) is 5.09. The van der Waals surface area contributed by atoms with Crippen LogP contribution >= 0.6 is 11.6 Å². The van der Waals surface area contributed by atoms with E-state index in [1.165, 1.54) is 0 Å². The Bertz CT molecular complexity index is 1160. The average molecular weight is 401 g/mol. The molecule has 144 valence electrons. The van der Waals surface area contributed by atoms with Crippen LogP contribution in [0.4, 0.5) is 0 Å². The van der Waals surface area contributed by atoms with Gasteiger partial charge in [-0.2, -0.15) is 0 Å². The monoisotopic (exact) mass is 400 g/mol. The SMILES string of the molecule is COc1ccccc1-c1ccc(/C=C/c2ncc(-c3ccc(C)cc3Cl)[nH]2)cc1. The van der Waals surface area contributed by atoms with E-state index in [9.17, 15) is 0 Å². The molecule has 0 bridgehead atoms. The van der Waals surface area contributed by atoms with E-state index in [4.69, 9.17) is 16.3 Å². The van der Waals surface area contributed by atoms with Crippen LogP contribution in [0.3, 0.4) is 0 Å². The standard InChI is InChI=1S/C25H21ClN2O/c1-17-7-13-21(22(26)15-17)23-16-27-25(28-23)14-10-18-8-11-19(12-9-18)20-5-3-4-6-24(20)29-2/h3-16H,1-2H3,(H,27,28)/b14-10+. The van der Waals surface area contributed by atoms with Gasteiger partial charge in [-0.05, 0) is 41.8 Å². The maximum atomic E-state index is 6.36. The van der Waals surface area contributed by atoms with E-state index >= 15 is 0 Å². The van der Waals surface area contributed by atoms with Crippen molar-refractivity contribution in [1.82, 2.24) is 9.97 Å². The molecule has 0 aliphatic rings. The number of nitrogens with zero attached hydrogens (tertiary/aromatic N) is 1. The zero-order valence-corrected chi connectivity index (χ0v) is 17.1. The average Bonchev–Trinajstić information content (AvgIpc) is 3.21. The zero-order chi connectivity index (χ0) is 20.2. The van der Waals surface area contributed by atoms with Crippen LogP contribution < -0.4 is 4.74 Å². The van der Waals surface area contributed by atoms with Crippen molar-refractivity contribution in [1.29, 1.82) is 0 Å². The summed E-state index contributed by atoms with van der Waals surface area (Å²) in [6.07, 6.45) is 5.80. The molecular weight excluding hydrogens is 380 g/mol. The lowest BCUT2D eigenvalue weighted by Crippen LogP contribution is -1.87. The van der Waals surface area contributed by atoms with Crippen LogP contribution in [0.5, 0.6) is 5.75 Å². The van der Waals surface area contributed by atoms with Gasteiger partial charge >= 0.3 is 0 Å². The van der Waals surface area contributed by atoms with Crippen molar-refractivity contribution in [2.24, 2.45) is 0 Å². The van der Waals surface area contributed by atoms with Crippen LogP contribution in [0.2, 0.25) is 5.02 Å². The maximum Gasteiger partial charge on any atom is 0.130 e.